The van der Waals surface area contributed by atoms with Gasteiger partial charge in [0, 0.05) is 25.3 Å². The van der Waals surface area contributed by atoms with Gasteiger partial charge in [-0.2, -0.15) is 0 Å². The third-order valence-corrected chi connectivity index (χ3v) is 3.06. The maximum atomic E-state index is 10.3. The fourth-order valence-corrected chi connectivity index (χ4v) is 2.26. The minimum absolute atomic E-state index is 0.621. The van der Waals surface area contributed by atoms with Crippen LogP contribution in [0.15, 0.2) is 24.3 Å². The molecule has 1 N–H and O–H groups in total. The molecule has 0 bridgehead atoms. The summed E-state index contributed by atoms with van der Waals surface area (Å²) in [5, 5.41) is 2.74. The van der Waals surface area contributed by atoms with E-state index >= 15 is 0 Å². The Balaban J connectivity index is 2.14. The van der Waals surface area contributed by atoms with E-state index < -0.39 is 0 Å². The normalized spacial score (nSPS) is 15.9. The summed E-state index contributed by atoms with van der Waals surface area (Å²) in [6, 6.07) is 8.32. The Hall–Kier alpha value is -1.51. The first kappa shape index (κ1) is 11.0. The van der Waals surface area contributed by atoms with Crippen molar-refractivity contribution in [1.29, 1.82) is 0 Å². The van der Waals surface area contributed by atoms with Crippen molar-refractivity contribution in [2.24, 2.45) is 0 Å². The average molecular weight is 218 g/mol. The van der Waals surface area contributed by atoms with Crippen molar-refractivity contribution in [3.63, 3.8) is 0 Å². The van der Waals surface area contributed by atoms with Crippen LogP contribution in [-0.2, 0) is 11.3 Å². The highest BCUT2D eigenvalue weighted by molar-refractivity contribution is 5.55. The Morgan fingerprint density at radius 2 is 1.94 bits per heavy atom. The minimum atomic E-state index is 0.621. The predicted octanol–water partition coefficient (Wildman–Crippen LogP) is 1.92. The first-order valence-corrected chi connectivity index (χ1v) is 5.91. The highest BCUT2D eigenvalue weighted by atomic mass is 16.1. The van der Waals surface area contributed by atoms with Crippen molar-refractivity contribution in [3.05, 3.63) is 29.8 Å². The molecule has 1 amide bonds. The van der Waals surface area contributed by atoms with Gasteiger partial charge in [-0.1, -0.05) is 18.2 Å². The molecule has 1 fully saturated rings. The molecule has 1 aliphatic heterocycles. The van der Waals surface area contributed by atoms with E-state index in [1.165, 1.54) is 30.5 Å². The largest absolute Gasteiger partial charge is 0.371 e. The second kappa shape index (κ2) is 5.54. The third-order valence-electron chi connectivity index (χ3n) is 3.06. The Bertz CT molecular complexity index is 346. The SMILES string of the molecule is O=CNCc1ccccc1N1CCCCC1. The van der Waals surface area contributed by atoms with Gasteiger partial charge in [0.15, 0.2) is 0 Å². The van der Waals surface area contributed by atoms with Crippen LogP contribution in [0.1, 0.15) is 24.8 Å². The van der Waals surface area contributed by atoms with Crippen molar-refractivity contribution in [2.75, 3.05) is 18.0 Å². The zero-order chi connectivity index (χ0) is 11.2. The van der Waals surface area contributed by atoms with Crippen LogP contribution >= 0.6 is 0 Å². The van der Waals surface area contributed by atoms with Crippen molar-refractivity contribution in [2.45, 2.75) is 25.8 Å². The van der Waals surface area contributed by atoms with Gasteiger partial charge >= 0.3 is 0 Å². The number of carbonyl (C=O) groups excluding carboxylic acids is 1. The van der Waals surface area contributed by atoms with Crippen molar-refractivity contribution < 1.29 is 4.79 Å². The lowest BCUT2D eigenvalue weighted by Gasteiger charge is -2.30. The molecule has 16 heavy (non-hydrogen) atoms. The van der Waals surface area contributed by atoms with E-state index in [9.17, 15) is 4.79 Å². The summed E-state index contributed by atoms with van der Waals surface area (Å²) in [4.78, 5) is 12.8. The lowest BCUT2D eigenvalue weighted by molar-refractivity contribution is -0.109. The average Bonchev–Trinajstić information content (AvgIpc) is 2.38. The number of carbonyl (C=O) groups is 1. The summed E-state index contributed by atoms with van der Waals surface area (Å²) in [6.07, 6.45) is 4.64. The van der Waals surface area contributed by atoms with Crippen molar-refractivity contribution in [3.8, 4) is 0 Å². The monoisotopic (exact) mass is 218 g/mol. The third kappa shape index (κ3) is 2.54. The summed E-state index contributed by atoms with van der Waals surface area (Å²) in [5.74, 6) is 0. The molecule has 1 aromatic rings. The summed E-state index contributed by atoms with van der Waals surface area (Å²) in [6.45, 7) is 2.90. The number of piperidine rings is 1. The van der Waals surface area contributed by atoms with Crippen LogP contribution in [0.2, 0.25) is 0 Å². The van der Waals surface area contributed by atoms with Gasteiger partial charge in [-0.15, -0.1) is 0 Å². The summed E-state index contributed by atoms with van der Waals surface area (Å²) >= 11 is 0. The molecule has 0 aromatic heterocycles. The van der Waals surface area contributed by atoms with Gasteiger partial charge < -0.3 is 10.2 Å². The molecule has 3 heteroatoms. The van der Waals surface area contributed by atoms with E-state index in [-0.39, 0.29) is 0 Å². The van der Waals surface area contributed by atoms with Gasteiger partial charge in [0.25, 0.3) is 0 Å². The second-order valence-corrected chi connectivity index (χ2v) is 4.18. The Kier molecular flexibility index (Phi) is 3.81. The highest BCUT2D eigenvalue weighted by Crippen LogP contribution is 2.23. The fourth-order valence-electron chi connectivity index (χ4n) is 2.26. The minimum Gasteiger partial charge on any atom is -0.371 e. The van der Waals surface area contributed by atoms with Crippen LogP contribution in [-0.4, -0.2) is 19.5 Å². The lowest BCUT2D eigenvalue weighted by atomic mass is 10.1. The first-order chi connectivity index (χ1) is 7.92. The van der Waals surface area contributed by atoms with E-state index in [1.807, 2.05) is 6.07 Å². The molecule has 2 rings (SSSR count). The van der Waals surface area contributed by atoms with Crippen LogP contribution in [0, 0.1) is 0 Å². The number of benzene rings is 1. The molecule has 86 valence electrons. The molecule has 1 heterocycles. The number of anilines is 1. The molecular formula is C13H18N2O. The molecule has 0 radical (unpaired) electrons. The second-order valence-electron chi connectivity index (χ2n) is 4.18. The molecule has 1 aliphatic rings. The van der Waals surface area contributed by atoms with Gasteiger partial charge in [-0.25, -0.2) is 0 Å². The van der Waals surface area contributed by atoms with E-state index in [4.69, 9.17) is 0 Å². The number of rotatable bonds is 4. The molecule has 0 aliphatic carbocycles. The predicted molar refractivity (Wildman–Crippen MR) is 65.4 cm³/mol. The number of nitrogens with zero attached hydrogens (tertiary/aromatic N) is 1. The molecule has 0 unspecified atom stereocenters. The number of hydrogen-bond donors (Lipinski definition) is 1. The molecule has 0 atom stereocenters. The lowest BCUT2D eigenvalue weighted by Crippen LogP contribution is -2.30. The fraction of sp³-hybridized carbons (Fsp3) is 0.462. The number of para-hydroxylation sites is 1. The van der Waals surface area contributed by atoms with E-state index in [2.05, 4.69) is 28.4 Å². The zero-order valence-electron chi connectivity index (χ0n) is 9.48. The number of amides is 1. The summed E-state index contributed by atoms with van der Waals surface area (Å²) in [5.41, 5.74) is 2.48. The Morgan fingerprint density at radius 1 is 1.19 bits per heavy atom. The van der Waals surface area contributed by atoms with Gasteiger partial charge in [-0.05, 0) is 30.9 Å². The molecule has 0 saturated carbocycles. The number of hydrogen-bond acceptors (Lipinski definition) is 2. The Morgan fingerprint density at radius 3 is 2.69 bits per heavy atom. The van der Waals surface area contributed by atoms with E-state index in [0.29, 0.717) is 6.54 Å². The zero-order valence-corrected chi connectivity index (χ0v) is 9.48. The maximum Gasteiger partial charge on any atom is 0.207 e. The number of nitrogens with one attached hydrogen (secondary N) is 1. The maximum absolute atomic E-state index is 10.3. The van der Waals surface area contributed by atoms with Crippen LogP contribution in [0.4, 0.5) is 5.69 Å². The quantitative estimate of drug-likeness (QED) is 0.783. The van der Waals surface area contributed by atoms with Crippen LogP contribution < -0.4 is 10.2 Å². The molecule has 0 spiro atoms. The van der Waals surface area contributed by atoms with Crippen molar-refractivity contribution in [1.82, 2.24) is 5.32 Å². The van der Waals surface area contributed by atoms with Gasteiger partial charge in [0.1, 0.15) is 0 Å². The molecule has 1 aromatic carbocycles. The molecular weight excluding hydrogens is 200 g/mol. The summed E-state index contributed by atoms with van der Waals surface area (Å²) < 4.78 is 0. The first-order valence-electron chi connectivity index (χ1n) is 5.91. The van der Waals surface area contributed by atoms with E-state index in [1.54, 1.807) is 0 Å². The highest BCUT2D eigenvalue weighted by Gasteiger charge is 2.13. The van der Waals surface area contributed by atoms with Gasteiger partial charge in [-0.3, -0.25) is 4.79 Å². The van der Waals surface area contributed by atoms with Crippen molar-refractivity contribution >= 4 is 12.1 Å². The van der Waals surface area contributed by atoms with E-state index in [0.717, 1.165) is 19.5 Å². The van der Waals surface area contributed by atoms with Gasteiger partial charge in [0.2, 0.25) is 6.41 Å². The standard InChI is InChI=1S/C13H18N2O/c16-11-14-10-12-6-2-3-7-13(12)15-8-4-1-5-9-15/h2-3,6-7,11H,1,4-5,8-10H2,(H,14,16). The Labute approximate surface area is 96.5 Å². The van der Waals surface area contributed by atoms with Gasteiger partial charge in [0.05, 0.1) is 0 Å². The molecule has 3 nitrogen and oxygen atoms in total. The topological polar surface area (TPSA) is 32.3 Å². The summed E-state index contributed by atoms with van der Waals surface area (Å²) in [7, 11) is 0. The smallest absolute Gasteiger partial charge is 0.207 e. The van der Waals surface area contributed by atoms with Crippen LogP contribution in [0.25, 0.3) is 0 Å². The van der Waals surface area contributed by atoms with Crippen LogP contribution in [0.5, 0.6) is 0 Å². The van der Waals surface area contributed by atoms with Crippen LogP contribution in [0.3, 0.4) is 0 Å². The molecule has 1 saturated heterocycles.